The summed E-state index contributed by atoms with van der Waals surface area (Å²) in [6, 6.07) is 6.23. The topological polar surface area (TPSA) is 23.5 Å². The van der Waals surface area contributed by atoms with Gasteiger partial charge in [0, 0.05) is 29.2 Å². The van der Waals surface area contributed by atoms with Gasteiger partial charge in [0.2, 0.25) is 0 Å². The minimum Gasteiger partial charge on any atom is -0.395 e. The summed E-state index contributed by atoms with van der Waals surface area (Å²) in [7, 11) is 0. The Labute approximate surface area is 106 Å². The fraction of sp³-hybridized carbons (Fsp3) is 0.500. The average Bonchev–Trinajstić information content (AvgIpc) is 2.98. The molecule has 0 bridgehead atoms. The van der Waals surface area contributed by atoms with Crippen LogP contribution in [0.1, 0.15) is 18.4 Å². The van der Waals surface area contributed by atoms with Crippen molar-refractivity contribution < 1.29 is 5.11 Å². The van der Waals surface area contributed by atoms with Gasteiger partial charge >= 0.3 is 0 Å². The van der Waals surface area contributed by atoms with Crippen molar-refractivity contribution in [2.75, 3.05) is 13.2 Å². The summed E-state index contributed by atoms with van der Waals surface area (Å²) in [6.07, 6.45) is 2.46. The van der Waals surface area contributed by atoms with Gasteiger partial charge < -0.3 is 5.11 Å². The molecule has 1 aliphatic rings. The molecule has 0 spiro atoms. The SMILES string of the molecule is OCCN(Cc1cc(Cl)cc(Cl)c1)C1CC1. The summed E-state index contributed by atoms with van der Waals surface area (Å²) in [6.45, 7) is 1.73. The molecule has 16 heavy (non-hydrogen) atoms. The number of aliphatic hydroxyl groups excluding tert-OH is 1. The predicted molar refractivity (Wildman–Crippen MR) is 67.0 cm³/mol. The van der Waals surface area contributed by atoms with Crippen molar-refractivity contribution in [1.29, 1.82) is 0 Å². The second-order valence-corrected chi connectivity index (χ2v) is 5.08. The molecule has 1 saturated carbocycles. The standard InChI is InChI=1S/C12H15Cl2NO/c13-10-5-9(6-11(14)7-10)8-15(3-4-16)12-1-2-12/h5-7,12,16H,1-4,8H2. The highest BCUT2D eigenvalue weighted by Crippen LogP contribution is 2.29. The Balaban J connectivity index is 2.05. The van der Waals surface area contributed by atoms with E-state index in [-0.39, 0.29) is 6.61 Å². The molecule has 0 atom stereocenters. The third-order valence-electron chi connectivity index (χ3n) is 2.76. The van der Waals surface area contributed by atoms with Crippen molar-refractivity contribution in [2.24, 2.45) is 0 Å². The number of halogens is 2. The second-order valence-electron chi connectivity index (χ2n) is 4.20. The molecule has 0 aromatic heterocycles. The molecule has 0 aliphatic heterocycles. The van der Waals surface area contributed by atoms with Crippen molar-refractivity contribution in [3.05, 3.63) is 33.8 Å². The molecule has 1 N–H and O–H groups in total. The van der Waals surface area contributed by atoms with Gasteiger partial charge in [-0.25, -0.2) is 0 Å². The summed E-state index contributed by atoms with van der Waals surface area (Å²) in [5.41, 5.74) is 1.11. The molecule has 2 rings (SSSR count). The zero-order valence-electron chi connectivity index (χ0n) is 9.00. The Kier molecular flexibility index (Phi) is 4.09. The number of nitrogens with zero attached hydrogens (tertiary/aromatic N) is 1. The molecule has 0 radical (unpaired) electrons. The number of benzene rings is 1. The minimum absolute atomic E-state index is 0.199. The number of rotatable bonds is 5. The summed E-state index contributed by atoms with van der Waals surface area (Å²) in [5.74, 6) is 0. The number of hydrogen-bond donors (Lipinski definition) is 1. The van der Waals surface area contributed by atoms with E-state index in [4.69, 9.17) is 28.3 Å². The van der Waals surface area contributed by atoms with Gasteiger partial charge in [-0.3, -0.25) is 4.90 Å². The van der Waals surface area contributed by atoms with Crippen molar-refractivity contribution in [2.45, 2.75) is 25.4 Å². The summed E-state index contributed by atoms with van der Waals surface area (Å²) < 4.78 is 0. The Hall–Kier alpha value is -0.280. The fourth-order valence-electron chi connectivity index (χ4n) is 1.90. The lowest BCUT2D eigenvalue weighted by Crippen LogP contribution is -2.28. The first-order valence-electron chi connectivity index (χ1n) is 5.49. The minimum atomic E-state index is 0.199. The quantitative estimate of drug-likeness (QED) is 0.879. The maximum atomic E-state index is 9.01. The van der Waals surface area contributed by atoms with E-state index in [0.29, 0.717) is 16.1 Å². The van der Waals surface area contributed by atoms with Crippen LogP contribution in [-0.4, -0.2) is 29.2 Å². The second kappa shape index (κ2) is 5.37. The van der Waals surface area contributed by atoms with Crippen molar-refractivity contribution in [1.82, 2.24) is 4.90 Å². The van der Waals surface area contributed by atoms with Gasteiger partial charge in [-0.15, -0.1) is 0 Å². The normalized spacial score (nSPS) is 15.8. The molecule has 88 valence electrons. The number of hydrogen-bond acceptors (Lipinski definition) is 2. The van der Waals surface area contributed by atoms with Crippen LogP contribution >= 0.6 is 23.2 Å². The van der Waals surface area contributed by atoms with Gasteiger partial charge in [-0.1, -0.05) is 23.2 Å². The molecule has 1 fully saturated rings. The highest BCUT2D eigenvalue weighted by Gasteiger charge is 2.28. The van der Waals surface area contributed by atoms with E-state index in [9.17, 15) is 0 Å². The molecule has 0 unspecified atom stereocenters. The lowest BCUT2D eigenvalue weighted by molar-refractivity contribution is 0.183. The zero-order chi connectivity index (χ0) is 11.5. The van der Waals surface area contributed by atoms with Crippen LogP contribution in [0.25, 0.3) is 0 Å². The molecule has 4 heteroatoms. The van der Waals surface area contributed by atoms with E-state index in [1.165, 1.54) is 12.8 Å². The number of aliphatic hydroxyl groups is 1. The predicted octanol–water partition coefficient (Wildman–Crippen LogP) is 2.95. The third-order valence-corrected chi connectivity index (χ3v) is 3.19. The largest absolute Gasteiger partial charge is 0.395 e. The first-order chi connectivity index (χ1) is 7.69. The van der Waals surface area contributed by atoms with Crippen molar-refractivity contribution >= 4 is 23.2 Å². The van der Waals surface area contributed by atoms with Crippen LogP contribution in [0.5, 0.6) is 0 Å². The third kappa shape index (κ3) is 3.36. The Morgan fingerprint density at radius 2 is 1.81 bits per heavy atom. The van der Waals surface area contributed by atoms with E-state index in [0.717, 1.165) is 18.7 Å². The molecule has 0 heterocycles. The lowest BCUT2D eigenvalue weighted by Gasteiger charge is -2.21. The van der Waals surface area contributed by atoms with Crippen LogP contribution in [0.4, 0.5) is 0 Å². The lowest BCUT2D eigenvalue weighted by atomic mass is 10.2. The van der Waals surface area contributed by atoms with E-state index in [1.807, 2.05) is 12.1 Å². The molecule has 1 aliphatic carbocycles. The summed E-state index contributed by atoms with van der Waals surface area (Å²) in [4.78, 5) is 2.28. The van der Waals surface area contributed by atoms with Gasteiger partial charge in [0.1, 0.15) is 0 Å². The monoisotopic (exact) mass is 259 g/mol. The van der Waals surface area contributed by atoms with E-state index in [2.05, 4.69) is 4.90 Å². The Bertz CT molecular complexity index is 346. The van der Waals surface area contributed by atoms with E-state index >= 15 is 0 Å². The molecular formula is C12H15Cl2NO. The van der Waals surface area contributed by atoms with Gasteiger partial charge in [0.15, 0.2) is 0 Å². The maximum absolute atomic E-state index is 9.01. The molecule has 2 nitrogen and oxygen atoms in total. The molecule has 1 aromatic carbocycles. The Morgan fingerprint density at radius 1 is 1.19 bits per heavy atom. The highest BCUT2D eigenvalue weighted by molar-refractivity contribution is 6.34. The molecule has 0 amide bonds. The average molecular weight is 260 g/mol. The summed E-state index contributed by atoms with van der Waals surface area (Å²) in [5, 5.41) is 10.3. The van der Waals surface area contributed by atoms with Crippen molar-refractivity contribution in [3.8, 4) is 0 Å². The van der Waals surface area contributed by atoms with Gasteiger partial charge in [-0.2, -0.15) is 0 Å². The fourth-order valence-corrected chi connectivity index (χ4v) is 2.47. The molecule has 1 aromatic rings. The van der Waals surface area contributed by atoms with Gasteiger partial charge in [0.05, 0.1) is 6.61 Å². The summed E-state index contributed by atoms with van der Waals surface area (Å²) >= 11 is 11.9. The van der Waals surface area contributed by atoms with E-state index < -0.39 is 0 Å². The Morgan fingerprint density at radius 3 is 2.31 bits per heavy atom. The van der Waals surface area contributed by atoms with Crippen LogP contribution in [0, 0.1) is 0 Å². The maximum Gasteiger partial charge on any atom is 0.0558 e. The van der Waals surface area contributed by atoms with Crippen LogP contribution in [-0.2, 0) is 6.54 Å². The van der Waals surface area contributed by atoms with Gasteiger partial charge in [0.25, 0.3) is 0 Å². The van der Waals surface area contributed by atoms with Crippen LogP contribution in [0.2, 0.25) is 10.0 Å². The van der Waals surface area contributed by atoms with E-state index in [1.54, 1.807) is 6.07 Å². The zero-order valence-corrected chi connectivity index (χ0v) is 10.5. The smallest absolute Gasteiger partial charge is 0.0558 e. The van der Waals surface area contributed by atoms with Crippen LogP contribution in [0.15, 0.2) is 18.2 Å². The molecular weight excluding hydrogens is 245 g/mol. The van der Waals surface area contributed by atoms with Crippen molar-refractivity contribution in [3.63, 3.8) is 0 Å². The van der Waals surface area contributed by atoms with Crippen LogP contribution in [0.3, 0.4) is 0 Å². The first kappa shape index (κ1) is 12.2. The first-order valence-corrected chi connectivity index (χ1v) is 6.24. The van der Waals surface area contributed by atoms with Gasteiger partial charge in [-0.05, 0) is 36.6 Å². The molecule has 0 saturated heterocycles. The highest BCUT2D eigenvalue weighted by atomic mass is 35.5. The van der Waals surface area contributed by atoms with Crippen LogP contribution < -0.4 is 0 Å².